The van der Waals surface area contributed by atoms with Crippen LogP contribution in [0.25, 0.3) is 11.1 Å². The summed E-state index contributed by atoms with van der Waals surface area (Å²) in [6.45, 7) is 0. The molecule has 0 spiro atoms. The summed E-state index contributed by atoms with van der Waals surface area (Å²) in [6, 6.07) is 41.2. The third-order valence-electron chi connectivity index (χ3n) is 5.27. The molecule has 1 atom stereocenters. The second-order valence-corrected chi connectivity index (χ2v) is 8.50. The van der Waals surface area contributed by atoms with Crippen molar-refractivity contribution in [2.75, 3.05) is 0 Å². The molecule has 0 nitrogen and oxygen atoms in total. The van der Waals surface area contributed by atoms with Gasteiger partial charge in [-0.1, -0.05) is 115 Å². The standard InChI is InChI=1S/C27H25P/c28-27(20-22-12-4-1-5-13-22,21-23-14-6-2-7-15-23)26-19-11-10-18-25(26)24-16-8-3-9-17-24/h1-19H,20-21,28H2. The highest BCUT2D eigenvalue weighted by Gasteiger charge is 2.30. The molecular formula is C27H25P. The average molecular weight is 380 g/mol. The molecule has 0 N–H and O–H groups in total. The Labute approximate surface area is 170 Å². The zero-order chi connectivity index (χ0) is 19.2. The van der Waals surface area contributed by atoms with E-state index in [2.05, 4.69) is 125 Å². The second-order valence-electron chi connectivity index (χ2n) is 7.39. The van der Waals surface area contributed by atoms with Crippen LogP contribution in [0.3, 0.4) is 0 Å². The van der Waals surface area contributed by atoms with E-state index in [1.807, 2.05) is 0 Å². The molecule has 0 amide bonds. The summed E-state index contributed by atoms with van der Waals surface area (Å²) in [5.41, 5.74) is 6.67. The van der Waals surface area contributed by atoms with E-state index in [1.54, 1.807) is 0 Å². The summed E-state index contributed by atoms with van der Waals surface area (Å²) in [6.07, 6.45) is 1.94. The largest absolute Gasteiger partial charge is 0.126 e. The van der Waals surface area contributed by atoms with E-state index in [0.29, 0.717) is 0 Å². The van der Waals surface area contributed by atoms with E-state index in [9.17, 15) is 0 Å². The van der Waals surface area contributed by atoms with Gasteiger partial charge in [0.25, 0.3) is 0 Å². The molecule has 1 unspecified atom stereocenters. The normalized spacial score (nSPS) is 11.3. The fourth-order valence-electron chi connectivity index (χ4n) is 3.96. The fourth-order valence-corrected chi connectivity index (χ4v) is 4.68. The number of hydrogen-bond acceptors (Lipinski definition) is 0. The van der Waals surface area contributed by atoms with E-state index in [1.165, 1.54) is 27.8 Å². The summed E-state index contributed by atoms with van der Waals surface area (Å²) in [4.78, 5) is 0. The van der Waals surface area contributed by atoms with Crippen LogP contribution in [-0.2, 0) is 18.0 Å². The lowest BCUT2D eigenvalue weighted by molar-refractivity contribution is 0.615. The van der Waals surface area contributed by atoms with Crippen LogP contribution < -0.4 is 0 Å². The summed E-state index contributed by atoms with van der Waals surface area (Å²) < 4.78 is 0. The average Bonchev–Trinajstić information content (AvgIpc) is 2.76. The van der Waals surface area contributed by atoms with E-state index < -0.39 is 0 Å². The van der Waals surface area contributed by atoms with Crippen molar-refractivity contribution in [3.05, 3.63) is 132 Å². The quantitative estimate of drug-likeness (QED) is 0.319. The van der Waals surface area contributed by atoms with Crippen molar-refractivity contribution >= 4 is 9.24 Å². The Morgan fingerprint density at radius 2 is 0.929 bits per heavy atom. The molecule has 0 aliphatic heterocycles. The summed E-state index contributed by atoms with van der Waals surface area (Å²) >= 11 is 0. The van der Waals surface area contributed by atoms with Gasteiger partial charge in [0.2, 0.25) is 0 Å². The van der Waals surface area contributed by atoms with Crippen molar-refractivity contribution in [1.82, 2.24) is 0 Å². The van der Waals surface area contributed by atoms with Crippen molar-refractivity contribution < 1.29 is 0 Å². The summed E-state index contributed by atoms with van der Waals surface area (Å²) in [5, 5.41) is -0.0882. The third kappa shape index (κ3) is 4.24. The van der Waals surface area contributed by atoms with Crippen molar-refractivity contribution in [3.8, 4) is 11.1 Å². The van der Waals surface area contributed by atoms with Gasteiger partial charge in [0.05, 0.1) is 0 Å². The molecule has 0 aliphatic rings. The van der Waals surface area contributed by atoms with Crippen LogP contribution in [0, 0.1) is 0 Å². The van der Waals surface area contributed by atoms with Crippen molar-refractivity contribution in [2.45, 2.75) is 18.0 Å². The van der Waals surface area contributed by atoms with Crippen LogP contribution in [0.1, 0.15) is 16.7 Å². The second kappa shape index (κ2) is 8.55. The SMILES string of the molecule is PC(Cc1ccccc1)(Cc1ccccc1)c1ccccc1-c1ccccc1. The van der Waals surface area contributed by atoms with E-state index in [0.717, 1.165) is 12.8 Å². The smallest absolute Gasteiger partial charge is 0.0184 e. The molecule has 0 heterocycles. The number of hydrogen-bond donors (Lipinski definition) is 0. The van der Waals surface area contributed by atoms with Crippen LogP contribution >= 0.6 is 9.24 Å². The van der Waals surface area contributed by atoms with E-state index in [-0.39, 0.29) is 5.16 Å². The van der Waals surface area contributed by atoms with Gasteiger partial charge in [0, 0.05) is 5.16 Å². The van der Waals surface area contributed by atoms with Gasteiger partial charge in [-0.2, -0.15) is 0 Å². The highest BCUT2D eigenvalue weighted by molar-refractivity contribution is 7.18. The molecule has 4 aromatic carbocycles. The molecule has 4 aromatic rings. The van der Waals surface area contributed by atoms with Gasteiger partial charge in [-0.15, -0.1) is 9.24 Å². The van der Waals surface area contributed by atoms with E-state index >= 15 is 0 Å². The Morgan fingerprint density at radius 1 is 0.500 bits per heavy atom. The molecule has 4 rings (SSSR count). The van der Waals surface area contributed by atoms with Crippen molar-refractivity contribution in [1.29, 1.82) is 0 Å². The minimum Gasteiger partial charge on any atom is -0.126 e. The first-order valence-corrected chi connectivity index (χ1v) is 10.3. The van der Waals surface area contributed by atoms with Gasteiger partial charge in [-0.05, 0) is 40.7 Å². The maximum Gasteiger partial charge on any atom is 0.0184 e. The predicted molar refractivity (Wildman–Crippen MR) is 124 cm³/mol. The Balaban J connectivity index is 1.82. The maximum absolute atomic E-state index is 3.21. The minimum absolute atomic E-state index is 0.0882. The molecule has 1 heteroatoms. The number of benzene rings is 4. The molecule has 28 heavy (non-hydrogen) atoms. The Morgan fingerprint density at radius 3 is 1.46 bits per heavy atom. The first-order chi connectivity index (χ1) is 13.7. The first kappa shape index (κ1) is 18.7. The Bertz CT molecular complexity index is 966. The van der Waals surface area contributed by atoms with Gasteiger partial charge in [0.1, 0.15) is 0 Å². The van der Waals surface area contributed by atoms with Gasteiger partial charge in [0.15, 0.2) is 0 Å². The molecule has 138 valence electrons. The molecule has 0 saturated heterocycles. The molecule has 0 aromatic heterocycles. The Hall–Kier alpha value is -2.69. The van der Waals surface area contributed by atoms with Crippen molar-refractivity contribution in [3.63, 3.8) is 0 Å². The first-order valence-electron chi connectivity index (χ1n) is 9.76. The highest BCUT2D eigenvalue weighted by atomic mass is 31.0. The van der Waals surface area contributed by atoms with Crippen LogP contribution in [-0.4, -0.2) is 0 Å². The monoisotopic (exact) mass is 380 g/mol. The lowest BCUT2D eigenvalue weighted by Gasteiger charge is -2.33. The lowest BCUT2D eigenvalue weighted by Crippen LogP contribution is -2.25. The summed E-state index contributed by atoms with van der Waals surface area (Å²) in [5.74, 6) is 0. The zero-order valence-electron chi connectivity index (χ0n) is 16.0. The topological polar surface area (TPSA) is 0 Å². The maximum atomic E-state index is 3.21. The minimum atomic E-state index is -0.0882. The van der Waals surface area contributed by atoms with Crippen LogP contribution in [0.2, 0.25) is 0 Å². The molecular weight excluding hydrogens is 355 g/mol. The van der Waals surface area contributed by atoms with Gasteiger partial charge >= 0.3 is 0 Å². The summed E-state index contributed by atoms with van der Waals surface area (Å²) in [7, 11) is 3.21. The fraction of sp³-hybridized carbons (Fsp3) is 0.111. The molecule has 0 radical (unpaired) electrons. The highest BCUT2D eigenvalue weighted by Crippen LogP contribution is 2.43. The van der Waals surface area contributed by atoms with Crippen LogP contribution in [0.15, 0.2) is 115 Å². The molecule has 0 fully saturated rings. The third-order valence-corrected chi connectivity index (χ3v) is 5.99. The van der Waals surface area contributed by atoms with Gasteiger partial charge in [-0.25, -0.2) is 0 Å². The van der Waals surface area contributed by atoms with Crippen molar-refractivity contribution in [2.24, 2.45) is 0 Å². The van der Waals surface area contributed by atoms with Crippen LogP contribution in [0.5, 0.6) is 0 Å². The molecule has 0 aliphatic carbocycles. The Kier molecular flexibility index (Phi) is 5.70. The lowest BCUT2D eigenvalue weighted by atomic mass is 9.81. The number of rotatable bonds is 6. The van der Waals surface area contributed by atoms with E-state index in [4.69, 9.17) is 0 Å². The molecule has 0 bridgehead atoms. The van der Waals surface area contributed by atoms with Crippen LogP contribution in [0.4, 0.5) is 0 Å². The van der Waals surface area contributed by atoms with Gasteiger partial charge < -0.3 is 0 Å². The zero-order valence-corrected chi connectivity index (χ0v) is 17.1. The predicted octanol–water partition coefficient (Wildman–Crippen LogP) is 6.91. The molecule has 0 saturated carbocycles. The van der Waals surface area contributed by atoms with Gasteiger partial charge in [-0.3, -0.25) is 0 Å².